The summed E-state index contributed by atoms with van der Waals surface area (Å²) in [6.45, 7) is 5.64. The molecule has 2 rings (SSSR count). The van der Waals surface area contributed by atoms with Crippen molar-refractivity contribution in [2.24, 2.45) is 0 Å². The lowest BCUT2D eigenvalue weighted by atomic mass is 9.65. The lowest BCUT2D eigenvalue weighted by molar-refractivity contribution is -0.159. The highest BCUT2D eigenvalue weighted by atomic mass is 16.4. The number of carbonyl (C=O) groups excluding carboxylic acids is 1. The third-order valence-corrected chi connectivity index (χ3v) is 4.61. The number of amides is 1. The van der Waals surface area contributed by atoms with Crippen molar-refractivity contribution in [2.45, 2.75) is 44.6 Å². The number of hydrogen-bond donors (Lipinski definition) is 1. The number of aliphatic carboxylic acids is 1. The molecule has 0 spiro atoms. The van der Waals surface area contributed by atoms with Gasteiger partial charge in [-0.2, -0.15) is 0 Å². The Morgan fingerprint density at radius 2 is 1.70 bits per heavy atom. The molecule has 1 atom stereocenters. The molecule has 1 unspecified atom stereocenters. The van der Waals surface area contributed by atoms with E-state index in [1.807, 2.05) is 24.3 Å². The standard InChI is InChI=1S/C16H21NO3/c1-11(18)17(4)16(14(19)20)10-9-15(2,3)12-7-5-6-8-13(12)16/h5-8H,9-10H2,1-4H3,(H,19,20). The minimum Gasteiger partial charge on any atom is -0.479 e. The van der Waals surface area contributed by atoms with Gasteiger partial charge in [0, 0.05) is 14.0 Å². The Morgan fingerprint density at radius 1 is 1.15 bits per heavy atom. The Hall–Kier alpha value is -1.84. The van der Waals surface area contributed by atoms with E-state index < -0.39 is 11.5 Å². The third-order valence-electron chi connectivity index (χ3n) is 4.61. The minimum atomic E-state index is -1.25. The fourth-order valence-corrected chi connectivity index (χ4v) is 3.18. The molecule has 1 amide bonds. The number of carbonyl (C=O) groups is 2. The second kappa shape index (κ2) is 4.62. The van der Waals surface area contributed by atoms with Crippen molar-refractivity contribution in [3.05, 3.63) is 35.4 Å². The molecule has 4 nitrogen and oxygen atoms in total. The predicted octanol–water partition coefficient (Wildman–Crippen LogP) is 2.52. The minimum absolute atomic E-state index is 0.0762. The summed E-state index contributed by atoms with van der Waals surface area (Å²) in [5, 5.41) is 9.83. The molecule has 0 fully saturated rings. The highest BCUT2D eigenvalue weighted by molar-refractivity contribution is 5.88. The van der Waals surface area contributed by atoms with Gasteiger partial charge in [0.15, 0.2) is 5.54 Å². The summed E-state index contributed by atoms with van der Waals surface area (Å²) < 4.78 is 0. The number of hydrogen-bond acceptors (Lipinski definition) is 2. The van der Waals surface area contributed by atoms with Crippen molar-refractivity contribution >= 4 is 11.9 Å². The lowest BCUT2D eigenvalue weighted by Crippen LogP contribution is -2.55. The SMILES string of the molecule is CC(=O)N(C)C1(C(=O)O)CCC(C)(C)c2ccccc21. The first-order valence-electron chi connectivity index (χ1n) is 6.81. The molecule has 20 heavy (non-hydrogen) atoms. The molecule has 108 valence electrons. The first-order valence-corrected chi connectivity index (χ1v) is 6.81. The van der Waals surface area contributed by atoms with Gasteiger partial charge in [0.05, 0.1) is 0 Å². The molecule has 0 aliphatic heterocycles. The first kappa shape index (κ1) is 14.6. The zero-order valence-electron chi connectivity index (χ0n) is 12.4. The average molecular weight is 275 g/mol. The molecule has 0 saturated carbocycles. The van der Waals surface area contributed by atoms with Crippen LogP contribution in [0.1, 0.15) is 44.7 Å². The Kier molecular flexibility index (Phi) is 3.36. The van der Waals surface area contributed by atoms with E-state index in [2.05, 4.69) is 13.8 Å². The molecule has 0 saturated heterocycles. The smallest absolute Gasteiger partial charge is 0.334 e. The van der Waals surface area contributed by atoms with Crippen molar-refractivity contribution in [2.75, 3.05) is 7.05 Å². The maximum Gasteiger partial charge on any atom is 0.334 e. The van der Waals surface area contributed by atoms with Gasteiger partial charge in [0.1, 0.15) is 0 Å². The van der Waals surface area contributed by atoms with Gasteiger partial charge in [-0.15, -0.1) is 0 Å². The molecule has 0 radical (unpaired) electrons. The summed E-state index contributed by atoms with van der Waals surface area (Å²) in [7, 11) is 1.57. The molecule has 1 aliphatic rings. The average Bonchev–Trinajstić information content (AvgIpc) is 2.38. The van der Waals surface area contributed by atoms with Crippen LogP contribution in [-0.4, -0.2) is 28.9 Å². The number of likely N-dealkylation sites (N-methyl/N-ethyl adjacent to an activating group) is 1. The van der Waals surface area contributed by atoms with Crippen LogP contribution in [-0.2, 0) is 20.5 Å². The van der Waals surface area contributed by atoms with Gasteiger partial charge < -0.3 is 10.0 Å². The van der Waals surface area contributed by atoms with Crippen LogP contribution in [0.3, 0.4) is 0 Å². The van der Waals surface area contributed by atoms with Crippen molar-refractivity contribution in [1.29, 1.82) is 0 Å². The molecule has 0 heterocycles. The Bertz CT molecular complexity index is 565. The van der Waals surface area contributed by atoms with Crippen LogP contribution < -0.4 is 0 Å². The predicted molar refractivity (Wildman–Crippen MR) is 76.5 cm³/mol. The molecule has 1 N–H and O–H groups in total. The number of benzene rings is 1. The summed E-state index contributed by atoms with van der Waals surface area (Å²) in [5.41, 5.74) is 0.425. The number of nitrogens with zero attached hydrogens (tertiary/aromatic N) is 1. The van der Waals surface area contributed by atoms with Crippen LogP contribution in [0, 0.1) is 0 Å². The van der Waals surface area contributed by atoms with E-state index in [1.54, 1.807) is 7.05 Å². The number of rotatable bonds is 2. The van der Waals surface area contributed by atoms with E-state index in [-0.39, 0.29) is 11.3 Å². The van der Waals surface area contributed by atoms with Gasteiger partial charge in [-0.3, -0.25) is 4.79 Å². The van der Waals surface area contributed by atoms with Crippen LogP contribution in [0.15, 0.2) is 24.3 Å². The van der Waals surface area contributed by atoms with E-state index in [0.717, 1.165) is 17.5 Å². The van der Waals surface area contributed by atoms with Gasteiger partial charge in [0.25, 0.3) is 0 Å². The van der Waals surface area contributed by atoms with E-state index in [9.17, 15) is 14.7 Å². The number of carboxylic acids is 1. The normalized spacial score (nSPS) is 23.8. The molecule has 1 aliphatic carbocycles. The van der Waals surface area contributed by atoms with Crippen LogP contribution >= 0.6 is 0 Å². The highest BCUT2D eigenvalue weighted by Gasteiger charge is 2.51. The van der Waals surface area contributed by atoms with Gasteiger partial charge in [0.2, 0.25) is 5.91 Å². The quantitative estimate of drug-likeness (QED) is 0.902. The summed E-state index contributed by atoms with van der Waals surface area (Å²) in [5.74, 6) is -1.19. The summed E-state index contributed by atoms with van der Waals surface area (Å²) in [4.78, 5) is 25.2. The first-order chi connectivity index (χ1) is 9.23. The molecule has 1 aromatic carbocycles. The largest absolute Gasteiger partial charge is 0.479 e. The zero-order chi connectivity index (χ0) is 15.1. The Labute approximate surface area is 119 Å². The van der Waals surface area contributed by atoms with Crippen LogP contribution in [0.4, 0.5) is 0 Å². The summed E-state index contributed by atoms with van der Waals surface area (Å²) in [6.07, 6.45) is 1.16. The van der Waals surface area contributed by atoms with E-state index in [4.69, 9.17) is 0 Å². The van der Waals surface area contributed by atoms with Crippen LogP contribution in [0.5, 0.6) is 0 Å². The zero-order valence-corrected chi connectivity index (χ0v) is 12.4. The molecule has 4 heteroatoms. The fraction of sp³-hybridized carbons (Fsp3) is 0.500. The fourth-order valence-electron chi connectivity index (χ4n) is 3.18. The van der Waals surface area contributed by atoms with Crippen molar-refractivity contribution in [3.8, 4) is 0 Å². The lowest BCUT2D eigenvalue weighted by Gasteiger charge is -2.46. The second-order valence-corrected chi connectivity index (χ2v) is 6.17. The third kappa shape index (κ3) is 1.90. The number of carboxylic acid groups (broad SMARTS) is 1. The number of fused-ring (bicyclic) bond motifs is 1. The molecule has 0 bridgehead atoms. The van der Waals surface area contributed by atoms with Gasteiger partial charge in [-0.1, -0.05) is 38.1 Å². The second-order valence-electron chi connectivity index (χ2n) is 6.17. The van der Waals surface area contributed by atoms with Gasteiger partial charge >= 0.3 is 5.97 Å². The molecule has 0 aromatic heterocycles. The van der Waals surface area contributed by atoms with Crippen LogP contribution in [0.2, 0.25) is 0 Å². The van der Waals surface area contributed by atoms with Crippen molar-refractivity contribution in [3.63, 3.8) is 0 Å². The van der Waals surface area contributed by atoms with Gasteiger partial charge in [-0.05, 0) is 29.4 Å². The Morgan fingerprint density at radius 3 is 2.20 bits per heavy atom. The van der Waals surface area contributed by atoms with Gasteiger partial charge in [-0.25, -0.2) is 4.79 Å². The molecule has 1 aromatic rings. The summed E-state index contributed by atoms with van der Waals surface area (Å²) >= 11 is 0. The maximum absolute atomic E-state index is 12.0. The van der Waals surface area contributed by atoms with Crippen molar-refractivity contribution in [1.82, 2.24) is 4.90 Å². The topological polar surface area (TPSA) is 57.6 Å². The molecular formula is C16H21NO3. The Balaban J connectivity index is 2.73. The van der Waals surface area contributed by atoms with E-state index >= 15 is 0 Å². The monoisotopic (exact) mass is 275 g/mol. The highest BCUT2D eigenvalue weighted by Crippen LogP contribution is 2.47. The van der Waals surface area contributed by atoms with E-state index in [0.29, 0.717) is 6.42 Å². The van der Waals surface area contributed by atoms with Crippen molar-refractivity contribution < 1.29 is 14.7 Å². The van der Waals surface area contributed by atoms with Crippen LogP contribution in [0.25, 0.3) is 0 Å². The molecular weight excluding hydrogens is 254 g/mol. The summed E-state index contributed by atoms with van der Waals surface area (Å²) in [6, 6.07) is 7.57. The maximum atomic E-state index is 12.0. The van der Waals surface area contributed by atoms with E-state index in [1.165, 1.54) is 11.8 Å².